The molecule has 0 aliphatic carbocycles. The number of amides is 1. The molecule has 0 saturated carbocycles. The number of fused-ring (bicyclic) bond motifs is 1. The molecule has 9 heteroatoms. The molecular formula is C19H15F4NO3S. The Labute approximate surface area is 162 Å². The molecule has 1 fully saturated rings. The summed E-state index contributed by atoms with van der Waals surface area (Å²) in [5, 5.41) is -0.881. The van der Waals surface area contributed by atoms with E-state index >= 15 is 0 Å². The van der Waals surface area contributed by atoms with Gasteiger partial charge in [-0.3, -0.25) is 4.79 Å². The van der Waals surface area contributed by atoms with Crippen molar-refractivity contribution in [1.82, 2.24) is 4.90 Å². The van der Waals surface area contributed by atoms with Crippen LogP contribution in [0.4, 0.5) is 17.6 Å². The Hall–Kier alpha value is -2.42. The van der Waals surface area contributed by atoms with E-state index in [1.807, 2.05) is 6.07 Å². The highest BCUT2D eigenvalue weighted by atomic mass is 32.2. The molecule has 0 radical (unpaired) electrons. The highest BCUT2D eigenvalue weighted by molar-refractivity contribution is 8.00. The van der Waals surface area contributed by atoms with Crippen molar-refractivity contribution < 1.29 is 31.8 Å². The molecule has 0 bridgehead atoms. The third kappa shape index (κ3) is 3.63. The van der Waals surface area contributed by atoms with Crippen molar-refractivity contribution in [2.45, 2.75) is 18.0 Å². The number of hydrogen-bond donors (Lipinski definition) is 0. The summed E-state index contributed by atoms with van der Waals surface area (Å²) in [6, 6.07) is 7.74. The van der Waals surface area contributed by atoms with Crippen molar-refractivity contribution in [3.8, 4) is 11.5 Å². The predicted octanol–water partition coefficient (Wildman–Crippen LogP) is 4.39. The third-order valence-corrected chi connectivity index (χ3v) is 5.87. The summed E-state index contributed by atoms with van der Waals surface area (Å²) in [6.45, 7) is 0.353. The first-order chi connectivity index (χ1) is 13.3. The van der Waals surface area contributed by atoms with Gasteiger partial charge in [-0.15, -0.1) is 11.8 Å². The highest BCUT2D eigenvalue weighted by Crippen LogP contribution is 2.44. The van der Waals surface area contributed by atoms with Crippen LogP contribution in [0.2, 0.25) is 0 Å². The van der Waals surface area contributed by atoms with E-state index in [4.69, 9.17) is 9.47 Å². The number of thioether (sulfide) groups is 1. The van der Waals surface area contributed by atoms with E-state index in [9.17, 15) is 22.4 Å². The van der Waals surface area contributed by atoms with Crippen LogP contribution in [0.25, 0.3) is 0 Å². The van der Waals surface area contributed by atoms with E-state index in [1.165, 1.54) is 4.90 Å². The fourth-order valence-corrected chi connectivity index (χ4v) is 4.54. The number of ether oxygens (including phenoxy) is 2. The summed E-state index contributed by atoms with van der Waals surface area (Å²) < 4.78 is 64.4. The normalized spacial score (nSPS) is 18.8. The molecule has 1 unspecified atom stereocenters. The summed E-state index contributed by atoms with van der Waals surface area (Å²) in [5.41, 5.74) is -0.286. The summed E-state index contributed by atoms with van der Waals surface area (Å²) in [7, 11) is 0. The van der Waals surface area contributed by atoms with E-state index < -0.39 is 22.9 Å². The fourth-order valence-electron chi connectivity index (χ4n) is 3.30. The lowest BCUT2D eigenvalue weighted by Crippen LogP contribution is -2.31. The Kier molecular flexibility index (Phi) is 4.86. The monoisotopic (exact) mass is 413 g/mol. The van der Waals surface area contributed by atoms with Crippen LogP contribution in [0.1, 0.15) is 22.1 Å². The second kappa shape index (κ2) is 7.20. The molecule has 2 aliphatic heterocycles. The van der Waals surface area contributed by atoms with Gasteiger partial charge in [0.05, 0.1) is 11.3 Å². The number of rotatable bonds is 4. The Morgan fingerprint density at radius 2 is 1.89 bits per heavy atom. The lowest BCUT2D eigenvalue weighted by Gasteiger charge is -2.26. The van der Waals surface area contributed by atoms with Crippen LogP contribution in [0.3, 0.4) is 0 Å². The molecular weight excluding hydrogens is 398 g/mol. The van der Waals surface area contributed by atoms with Crippen LogP contribution in [0, 0.1) is 5.82 Å². The van der Waals surface area contributed by atoms with Crippen molar-refractivity contribution in [2.24, 2.45) is 0 Å². The van der Waals surface area contributed by atoms with Gasteiger partial charge in [0.25, 0.3) is 0 Å². The highest BCUT2D eigenvalue weighted by Gasteiger charge is 2.40. The largest absolute Gasteiger partial charge is 0.454 e. The maximum Gasteiger partial charge on any atom is 0.416 e. The number of alkyl halides is 3. The van der Waals surface area contributed by atoms with Crippen molar-refractivity contribution in [2.75, 3.05) is 19.1 Å². The van der Waals surface area contributed by atoms with Gasteiger partial charge in [0.1, 0.15) is 11.2 Å². The molecule has 28 heavy (non-hydrogen) atoms. The van der Waals surface area contributed by atoms with Crippen LogP contribution in [-0.4, -0.2) is 29.9 Å². The van der Waals surface area contributed by atoms with Gasteiger partial charge in [0, 0.05) is 6.54 Å². The van der Waals surface area contributed by atoms with E-state index in [-0.39, 0.29) is 30.6 Å². The Bertz CT molecular complexity index is 919. The van der Waals surface area contributed by atoms with Gasteiger partial charge in [-0.25, -0.2) is 4.39 Å². The first-order valence-electron chi connectivity index (χ1n) is 8.49. The van der Waals surface area contributed by atoms with Crippen LogP contribution in [-0.2, 0) is 17.4 Å². The van der Waals surface area contributed by atoms with E-state index in [1.54, 1.807) is 12.1 Å². The smallest absolute Gasteiger partial charge is 0.416 e. The zero-order valence-electron chi connectivity index (χ0n) is 14.5. The van der Waals surface area contributed by atoms with E-state index in [0.717, 1.165) is 35.5 Å². The molecule has 1 amide bonds. The van der Waals surface area contributed by atoms with E-state index in [2.05, 4.69) is 0 Å². The minimum atomic E-state index is -4.63. The summed E-state index contributed by atoms with van der Waals surface area (Å²) in [5.74, 6) is 0.246. The number of benzene rings is 2. The third-order valence-electron chi connectivity index (χ3n) is 4.63. The summed E-state index contributed by atoms with van der Waals surface area (Å²) >= 11 is 1.07. The fraction of sp³-hybridized carbons (Fsp3) is 0.316. The van der Waals surface area contributed by atoms with Crippen molar-refractivity contribution in [3.63, 3.8) is 0 Å². The molecule has 1 atom stereocenters. The Morgan fingerprint density at radius 1 is 1.11 bits per heavy atom. The average molecular weight is 413 g/mol. The molecule has 148 valence electrons. The molecule has 4 rings (SSSR count). The zero-order valence-corrected chi connectivity index (χ0v) is 15.3. The average Bonchev–Trinajstić information content (AvgIpc) is 3.24. The predicted molar refractivity (Wildman–Crippen MR) is 94.6 cm³/mol. The topological polar surface area (TPSA) is 38.8 Å². The quantitative estimate of drug-likeness (QED) is 0.697. The number of carbonyl (C=O) groups is 1. The second-order valence-electron chi connectivity index (χ2n) is 6.42. The first-order valence-corrected chi connectivity index (χ1v) is 9.54. The molecule has 2 aromatic carbocycles. The van der Waals surface area contributed by atoms with Gasteiger partial charge in [-0.05, 0) is 47.9 Å². The minimum Gasteiger partial charge on any atom is -0.454 e. The molecule has 2 aromatic rings. The van der Waals surface area contributed by atoms with Crippen LogP contribution < -0.4 is 9.47 Å². The molecule has 0 N–H and O–H groups in total. The summed E-state index contributed by atoms with van der Waals surface area (Å²) in [6.07, 6.45) is -4.20. The maximum atomic E-state index is 13.7. The standard InChI is InChI=1S/C19H15F4NO3S/c20-12-2-3-14(19(21,22)23)13(8-12)18-24(17(25)9-28-18)6-5-11-1-4-15-16(7-11)27-10-26-15/h1-4,7-8,18H,5-6,9-10H2. The first kappa shape index (κ1) is 18.9. The van der Waals surface area contributed by atoms with Gasteiger partial charge in [-0.2, -0.15) is 13.2 Å². The molecule has 2 heterocycles. The van der Waals surface area contributed by atoms with Gasteiger partial charge in [0.15, 0.2) is 11.5 Å². The molecule has 0 spiro atoms. The lowest BCUT2D eigenvalue weighted by atomic mass is 10.1. The van der Waals surface area contributed by atoms with Crippen LogP contribution in [0.5, 0.6) is 11.5 Å². The van der Waals surface area contributed by atoms with Gasteiger partial charge < -0.3 is 14.4 Å². The zero-order chi connectivity index (χ0) is 19.9. The number of carbonyl (C=O) groups excluding carboxylic acids is 1. The number of nitrogens with zero attached hydrogens (tertiary/aromatic N) is 1. The minimum absolute atomic E-state index is 0.0552. The molecule has 1 saturated heterocycles. The maximum absolute atomic E-state index is 13.7. The van der Waals surface area contributed by atoms with E-state index in [0.29, 0.717) is 17.9 Å². The summed E-state index contributed by atoms with van der Waals surface area (Å²) in [4.78, 5) is 13.7. The molecule has 0 aromatic heterocycles. The van der Waals surface area contributed by atoms with Crippen LogP contribution >= 0.6 is 11.8 Å². The Morgan fingerprint density at radius 3 is 2.68 bits per heavy atom. The van der Waals surface area contributed by atoms with Crippen molar-refractivity contribution in [1.29, 1.82) is 0 Å². The lowest BCUT2D eigenvalue weighted by molar-refractivity contribution is -0.139. The van der Waals surface area contributed by atoms with Gasteiger partial charge in [-0.1, -0.05) is 6.07 Å². The number of halogens is 4. The second-order valence-corrected chi connectivity index (χ2v) is 7.49. The number of hydrogen-bond acceptors (Lipinski definition) is 4. The SMILES string of the molecule is O=C1CSC(c2cc(F)ccc2C(F)(F)F)N1CCc1ccc2c(c1)OCO2. The van der Waals surface area contributed by atoms with Crippen molar-refractivity contribution >= 4 is 17.7 Å². The Balaban J connectivity index is 1.57. The van der Waals surface area contributed by atoms with Gasteiger partial charge >= 0.3 is 6.18 Å². The van der Waals surface area contributed by atoms with Crippen molar-refractivity contribution in [3.05, 3.63) is 58.9 Å². The molecule has 2 aliphatic rings. The van der Waals surface area contributed by atoms with Crippen LogP contribution in [0.15, 0.2) is 36.4 Å². The molecule has 4 nitrogen and oxygen atoms in total. The van der Waals surface area contributed by atoms with Gasteiger partial charge in [0.2, 0.25) is 12.7 Å².